The number of amides is 1. The Morgan fingerprint density at radius 3 is 2.65 bits per heavy atom. The Labute approximate surface area is 117 Å². The van der Waals surface area contributed by atoms with E-state index >= 15 is 0 Å². The number of nitrogens with one attached hydrogen (secondary N) is 1. The maximum Gasteiger partial charge on any atom is 0.412 e. The highest BCUT2D eigenvalue weighted by Gasteiger charge is 2.08. The molecule has 0 atom stereocenters. The molecule has 1 amide bonds. The van der Waals surface area contributed by atoms with Gasteiger partial charge in [0.1, 0.15) is 12.4 Å². The minimum Gasteiger partial charge on any atom is -0.494 e. The summed E-state index contributed by atoms with van der Waals surface area (Å²) in [7, 11) is 1.51. The van der Waals surface area contributed by atoms with Gasteiger partial charge in [0.05, 0.1) is 12.8 Å². The van der Waals surface area contributed by atoms with Gasteiger partial charge in [0, 0.05) is 11.8 Å². The molecule has 0 heterocycles. The maximum absolute atomic E-state index is 11.7. The third kappa shape index (κ3) is 3.65. The zero-order chi connectivity index (χ0) is 14.4. The van der Waals surface area contributed by atoms with Crippen LogP contribution in [0.2, 0.25) is 0 Å². The van der Waals surface area contributed by atoms with E-state index in [1.165, 1.54) is 7.11 Å². The van der Waals surface area contributed by atoms with Crippen LogP contribution in [0.3, 0.4) is 0 Å². The first kappa shape index (κ1) is 13.7. The summed E-state index contributed by atoms with van der Waals surface area (Å²) in [5.41, 5.74) is 7.64. The maximum atomic E-state index is 11.7. The highest BCUT2D eigenvalue weighted by Crippen LogP contribution is 2.26. The van der Waals surface area contributed by atoms with Gasteiger partial charge in [-0.2, -0.15) is 0 Å². The van der Waals surface area contributed by atoms with E-state index in [2.05, 4.69) is 5.32 Å². The number of rotatable bonds is 4. The van der Waals surface area contributed by atoms with E-state index in [-0.39, 0.29) is 6.61 Å². The average molecular weight is 272 g/mol. The predicted octanol–water partition coefficient (Wildman–Crippen LogP) is 3.03. The fraction of sp³-hybridized carbons (Fsp3) is 0.133. The monoisotopic (exact) mass is 272 g/mol. The van der Waals surface area contributed by atoms with Gasteiger partial charge in [0.2, 0.25) is 0 Å². The molecule has 0 aromatic heterocycles. The van der Waals surface area contributed by atoms with Crippen LogP contribution in [0.1, 0.15) is 5.56 Å². The van der Waals surface area contributed by atoms with E-state index < -0.39 is 6.09 Å². The van der Waals surface area contributed by atoms with Crippen molar-refractivity contribution in [1.29, 1.82) is 0 Å². The van der Waals surface area contributed by atoms with Crippen LogP contribution in [-0.2, 0) is 11.3 Å². The molecule has 0 spiro atoms. The summed E-state index contributed by atoms with van der Waals surface area (Å²) >= 11 is 0. The van der Waals surface area contributed by atoms with E-state index in [1.54, 1.807) is 18.2 Å². The van der Waals surface area contributed by atoms with Gasteiger partial charge in [0.25, 0.3) is 0 Å². The van der Waals surface area contributed by atoms with E-state index in [4.69, 9.17) is 15.2 Å². The molecule has 0 fully saturated rings. The van der Waals surface area contributed by atoms with Crippen molar-refractivity contribution in [1.82, 2.24) is 0 Å². The summed E-state index contributed by atoms with van der Waals surface area (Å²) in [5.74, 6) is 0.488. The van der Waals surface area contributed by atoms with Crippen molar-refractivity contribution in [3.05, 3.63) is 54.1 Å². The van der Waals surface area contributed by atoms with Crippen LogP contribution < -0.4 is 15.8 Å². The van der Waals surface area contributed by atoms with Crippen molar-refractivity contribution < 1.29 is 14.3 Å². The molecule has 2 aromatic carbocycles. The molecule has 5 heteroatoms. The van der Waals surface area contributed by atoms with Crippen molar-refractivity contribution in [2.24, 2.45) is 0 Å². The Bertz CT molecular complexity index is 585. The quantitative estimate of drug-likeness (QED) is 0.839. The number of carbonyl (C=O) groups is 1. The molecule has 104 valence electrons. The zero-order valence-electron chi connectivity index (χ0n) is 11.1. The van der Waals surface area contributed by atoms with Crippen LogP contribution in [0, 0.1) is 0 Å². The first-order valence-corrected chi connectivity index (χ1v) is 6.10. The summed E-state index contributed by atoms with van der Waals surface area (Å²) < 4.78 is 10.3. The van der Waals surface area contributed by atoms with Gasteiger partial charge >= 0.3 is 6.09 Å². The van der Waals surface area contributed by atoms with Crippen LogP contribution >= 0.6 is 0 Å². The summed E-state index contributed by atoms with van der Waals surface area (Å²) in [6.07, 6.45) is -0.545. The fourth-order valence-corrected chi connectivity index (χ4v) is 1.68. The van der Waals surface area contributed by atoms with Crippen LogP contribution in [0.15, 0.2) is 48.5 Å². The molecule has 0 saturated carbocycles. The number of ether oxygens (including phenoxy) is 2. The van der Waals surface area contributed by atoms with E-state index in [1.807, 2.05) is 30.3 Å². The normalized spacial score (nSPS) is 9.85. The largest absolute Gasteiger partial charge is 0.494 e. The number of benzene rings is 2. The lowest BCUT2D eigenvalue weighted by Crippen LogP contribution is -2.14. The second-order valence-corrected chi connectivity index (χ2v) is 4.15. The third-order valence-corrected chi connectivity index (χ3v) is 2.68. The Hall–Kier alpha value is -2.69. The SMILES string of the molecule is COc1cc(N)ccc1NC(=O)OCc1ccccc1. The Morgan fingerprint density at radius 2 is 1.95 bits per heavy atom. The highest BCUT2D eigenvalue weighted by molar-refractivity contribution is 5.87. The van der Waals surface area contributed by atoms with E-state index in [0.29, 0.717) is 17.1 Å². The molecule has 0 unspecified atom stereocenters. The Morgan fingerprint density at radius 1 is 1.20 bits per heavy atom. The van der Waals surface area contributed by atoms with Gasteiger partial charge in [0.15, 0.2) is 0 Å². The van der Waals surface area contributed by atoms with Gasteiger partial charge in [-0.1, -0.05) is 30.3 Å². The number of nitrogens with two attached hydrogens (primary N) is 1. The van der Waals surface area contributed by atoms with Gasteiger partial charge in [-0.05, 0) is 17.7 Å². The first-order valence-electron chi connectivity index (χ1n) is 6.10. The van der Waals surface area contributed by atoms with Crippen molar-refractivity contribution in [2.45, 2.75) is 6.61 Å². The second kappa shape index (κ2) is 6.47. The number of hydrogen-bond acceptors (Lipinski definition) is 4. The number of hydrogen-bond donors (Lipinski definition) is 2. The van der Waals surface area contributed by atoms with Crippen molar-refractivity contribution in [3.8, 4) is 5.75 Å². The van der Waals surface area contributed by atoms with Crippen molar-refractivity contribution >= 4 is 17.5 Å². The molecule has 20 heavy (non-hydrogen) atoms. The van der Waals surface area contributed by atoms with E-state index in [0.717, 1.165) is 5.56 Å². The highest BCUT2D eigenvalue weighted by atomic mass is 16.5. The molecule has 0 radical (unpaired) electrons. The van der Waals surface area contributed by atoms with E-state index in [9.17, 15) is 4.79 Å². The Balaban J connectivity index is 1.95. The molecule has 0 aliphatic rings. The molecule has 0 aliphatic heterocycles. The first-order chi connectivity index (χ1) is 9.69. The number of carbonyl (C=O) groups excluding carboxylic acids is 1. The van der Waals surface area contributed by atoms with Gasteiger partial charge < -0.3 is 15.2 Å². The van der Waals surface area contributed by atoms with Gasteiger partial charge in [-0.15, -0.1) is 0 Å². The molecule has 5 nitrogen and oxygen atoms in total. The molecular formula is C15H16N2O3. The second-order valence-electron chi connectivity index (χ2n) is 4.15. The third-order valence-electron chi connectivity index (χ3n) is 2.68. The van der Waals surface area contributed by atoms with Crippen LogP contribution in [0.4, 0.5) is 16.2 Å². The van der Waals surface area contributed by atoms with Crippen molar-refractivity contribution in [2.75, 3.05) is 18.2 Å². The molecule has 2 rings (SSSR count). The minimum atomic E-state index is -0.545. The summed E-state index contributed by atoms with van der Waals surface area (Å²) in [4.78, 5) is 11.7. The van der Waals surface area contributed by atoms with Gasteiger partial charge in [-0.3, -0.25) is 5.32 Å². The topological polar surface area (TPSA) is 73.6 Å². The van der Waals surface area contributed by atoms with Crippen molar-refractivity contribution in [3.63, 3.8) is 0 Å². The molecular weight excluding hydrogens is 256 g/mol. The number of nitrogen functional groups attached to an aromatic ring is 1. The molecule has 2 aromatic rings. The zero-order valence-corrected chi connectivity index (χ0v) is 11.1. The van der Waals surface area contributed by atoms with Crippen LogP contribution in [-0.4, -0.2) is 13.2 Å². The standard InChI is InChI=1S/C15H16N2O3/c1-19-14-9-12(16)7-8-13(14)17-15(18)20-10-11-5-3-2-4-6-11/h2-9H,10,16H2,1H3,(H,17,18). The number of anilines is 2. The smallest absolute Gasteiger partial charge is 0.412 e. The Kier molecular flexibility index (Phi) is 4.44. The summed E-state index contributed by atoms with van der Waals surface area (Å²) in [6.45, 7) is 0.212. The fourth-order valence-electron chi connectivity index (χ4n) is 1.68. The molecule has 0 aliphatic carbocycles. The minimum absolute atomic E-state index is 0.212. The lowest BCUT2D eigenvalue weighted by Gasteiger charge is -2.11. The lowest BCUT2D eigenvalue weighted by molar-refractivity contribution is 0.155. The summed E-state index contributed by atoms with van der Waals surface area (Å²) in [6, 6.07) is 14.4. The number of methoxy groups -OCH3 is 1. The van der Waals surface area contributed by atoms with Crippen LogP contribution in [0.25, 0.3) is 0 Å². The lowest BCUT2D eigenvalue weighted by atomic mass is 10.2. The molecule has 0 bridgehead atoms. The van der Waals surface area contributed by atoms with Gasteiger partial charge in [-0.25, -0.2) is 4.79 Å². The van der Waals surface area contributed by atoms with Crippen LogP contribution in [0.5, 0.6) is 5.75 Å². The molecule has 3 N–H and O–H groups in total. The molecule has 0 saturated heterocycles. The summed E-state index contributed by atoms with van der Waals surface area (Å²) in [5, 5.41) is 2.62. The average Bonchev–Trinajstić information content (AvgIpc) is 2.48. The predicted molar refractivity (Wildman–Crippen MR) is 77.7 cm³/mol.